The molecule has 4 nitrogen and oxygen atoms in total. The fraction of sp³-hybridized carbons (Fsp3) is 0.222. The molecule has 0 spiro atoms. The van der Waals surface area contributed by atoms with Gasteiger partial charge in [0.05, 0.1) is 6.07 Å². The Morgan fingerprint density at radius 3 is 2.18 bits per heavy atom. The molecule has 1 aromatic carbocycles. The van der Waals surface area contributed by atoms with Crippen molar-refractivity contribution in [3.63, 3.8) is 0 Å². The first-order valence-electron chi connectivity index (χ1n) is 4.33. The van der Waals surface area contributed by atoms with E-state index in [1.165, 1.54) is 6.07 Å². The SMILES string of the molecule is CC(C#N)S(=O)(=O)Nc1c(F)cc(F)cc1F. The molecule has 0 aliphatic carbocycles. The van der Waals surface area contributed by atoms with Crippen molar-refractivity contribution in [2.24, 2.45) is 0 Å². The highest BCUT2D eigenvalue weighted by molar-refractivity contribution is 7.93. The van der Waals surface area contributed by atoms with E-state index in [0.717, 1.165) is 6.92 Å². The lowest BCUT2D eigenvalue weighted by atomic mass is 10.3. The first-order valence-corrected chi connectivity index (χ1v) is 5.88. The smallest absolute Gasteiger partial charge is 0.249 e. The minimum Gasteiger partial charge on any atom is -0.277 e. The fourth-order valence-corrected chi connectivity index (χ4v) is 1.73. The van der Waals surface area contributed by atoms with E-state index in [1.807, 2.05) is 0 Å². The van der Waals surface area contributed by atoms with Crippen molar-refractivity contribution < 1.29 is 21.6 Å². The van der Waals surface area contributed by atoms with Crippen LogP contribution < -0.4 is 4.72 Å². The third-order valence-electron chi connectivity index (χ3n) is 1.90. The van der Waals surface area contributed by atoms with E-state index in [0.29, 0.717) is 12.1 Å². The van der Waals surface area contributed by atoms with Crippen LogP contribution in [0.4, 0.5) is 18.9 Å². The molecule has 0 saturated carbocycles. The normalized spacial score (nSPS) is 12.9. The highest BCUT2D eigenvalue weighted by Gasteiger charge is 2.23. The molecular weight excluding hydrogens is 257 g/mol. The van der Waals surface area contributed by atoms with Crippen LogP contribution in [0.5, 0.6) is 0 Å². The standard InChI is InChI=1S/C9H7F3N2O2S/c1-5(4-13)17(15,16)14-9-7(11)2-6(10)3-8(9)12/h2-3,5,14H,1H3. The summed E-state index contributed by atoms with van der Waals surface area (Å²) in [4.78, 5) is 0. The zero-order valence-electron chi connectivity index (χ0n) is 8.54. The van der Waals surface area contributed by atoms with Gasteiger partial charge in [-0.05, 0) is 6.92 Å². The summed E-state index contributed by atoms with van der Waals surface area (Å²) in [6.45, 7) is 1.04. The molecule has 0 heterocycles. The van der Waals surface area contributed by atoms with Gasteiger partial charge in [0.2, 0.25) is 10.0 Å². The molecule has 0 radical (unpaired) electrons. The highest BCUT2D eigenvalue weighted by Crippen LogP contribution is 2.22. The average Bonchev–Trinajstić information content (AvgIpc) is 2.22. The van der Waals surface area contributed by atoms with Crippen molar-refractivity contribution in [1.29, 1.82) is 5.26 Å². The Balaban J connectivity index is 3.18. The predicted octanol–water partition coefficient (Wildman–Crippen LogP) is 1.76. The van der Waals surface area contributed by atoms with Gasteiger partial charge < -0.3 is 0 Å². The van der Waals surface area contributed by atoms with Crippen LogP contribution in [0.15, 0.2) is 12.1 Å². The maximum absolute atomic E-state index is 13.1. The first-order chi connectivity index (χ1) is 7.77. The molecule has 17 heavy (non-hydrogen) atoms. The molecular formula is C9H7F3N2O2S. The Morgan fingerprint density at radius 1 is 1.29 bits per heavy atom. The van der Waals surface area contributed by atoms with Crippen LogP contribution >= 0.6 is 0 Å². The lowest BCUT2D eigenvalue weighted by Crippen LogP contribution is -2.25. The van der Waals surface area contributed by atoms with Gasteiger partial charge >= 0.3 is 0 Å². The van der Waals surface area contributed by atoms with Gasteiger partial charge in [0, 0.05) is 12.1 Å². The summed E-state index contributed by atoms with van der Waals surface area (Å²) in [7, 11) is -4.23. The van der Waals surface area contributed by atoms with Gasteiger partial charge in [0.15, 0.2) is 16.9 Å². The summed E-state index contributed by atoms with van der Waals surface area (Å²) >= 11 is 0. The molecule has 1 aromatic rings. The van der Waals surface area contributed by atoms with Crippen molar-refractivity contribution >= 4 is 15.7 Å². The summed E-state index contributed by atoms with van der Waals surface area (Å²) in [5.74, 6) is -3.95. The zero-order chi connectivity index (χ0) is 13.2. The Kier molecular flexibility index (Phi) is 3.63. The summed E-state index contributed by atoms with van der Waals surface area (Å²) in [6.07, 6.45) is 0. The van der Waals surface area contributed by atoms with E-state index < -0.39 is 38.4 Å². The van der Waals surface area contributed by atoms with Crippen LogP contribution in [0.25, 0.3) is 0 Å². The Bertz CT molecular complexity index is 557. The third kappa shape index (κ3) is 2.88. The van der Waals surface area contributed by atoms with E-state index in [9.17, 15) is 21.6 Å². The molecule has 0 bridgehead atoms. The van der Waals surface area contributed by atoms with Gasteiger partial charge in [-0.25, -0.2) is 21.6 Å². The number of hydrogen-bond donors (Lipinski definition) is 1. The fourth-order valence-electron chi connectivity index (χ4n) is 0.940. The number of nitrogens with zero attached hydrogens (tertiary/aromatic N) is 1. The quantitative estimate of drug-likeness (QED) is 0.904. The third-order valence-corrected chi connectivity index (χ3v) is 3.42. The topological polar surface area (TPSA) is 70.0 Å². The molecule has 8 heteroatoms. The number of nitrogens with one attached hydrogen (secondary N) is 1. The number of rotatable bonds is 3. The number of anilines is 1. The van der Waals surface area contributed by atoms with Gasteiger partial charge in [0.1, 0.15) is 11.5 Å². The molecule has 0 fully saturated rings. The van der Waals surface area contributed by atoms with Crippen LogP contribution in [0.3, 0.4) is 0 Å². The maximum Gasteiger partial charge on any atom is 0.249 e. The number of halogens is 3. The van der Waals surface area contributed by atoms with Crippen molar-refractivity contribution in [3.8, 4) is 6.07 Å². The van der Waals surface area contributed by atoms with Gasteiger partial charge in [-0.2, -0.15) is 5.26 Å². The summed E-state index contributed by atoms with van der Waals surface area (Å²) < 4.78 is 63.1. The Labute approximate surface area is 95.7 Å². The predicted molar refractivity (Wildman–Crippen MR) is 53.9 cm³/mol. The van der Waals surface area contributed by atoms with E-state index in [1.54, 1.807) is 4.72 Å². The summed E-state index contributed by atoms with van der Waals surface area (Å²) in [5.41, 5.74) is -1.01. The molecule has 0 aliphatic heterocycles. The number of sulfonamides is 1. The van der Waals surface area contributed by atoms with E-state index >= 15 is 0 Å². The minimum atomic E-state index is -4.23. The van der Waals surface area contributed by atoms with Gasteiger partial charge in [-0.1, -0.05) is 0 Å². The number of nitriles is 1. The van der Waals surface area contributed by atoms with Crippen molar-refractivity contribution in [1.82, 2.24) is 0 Å². The van der Waals surface area contributed by atoms with E-state index in [4.69, 9.17) is 5.26 Å². The zero-order valence-corrected chi connectivity index (χ0v) is 9.35. The second-order valence-corrected chi connectivity index (χ2v) is 5.16. The lowest BCUT2D eigenvalue weighted by Gasteiger charge is -2.10. The van der Waals surface area contributed by atoms with Gasteiger partial charge in [-0.15, -0.1) is 0 Å². The molecule has 92 valence electrons. The molecule has 1 unspecified atom stereocenters. The lowest BCUT2D eigenvalue weighted by molar-refractivity contribution is 0.547. The van der Waals surface area contributed by atoms with Gasteiger partial charge in [0.25, 0.3) is 0 Å². The summed E-state index contributed by atoms with van der Waals surface area (Å²) in [6, 6.07) is 2.07. The Hall–Kier alpha value is -1.75. The molecule has 0 aliphatic rings. The molecule has 1 atom stereocenters. The Morgan fingerprint density at radius 2 is 1.76 bits per heavy atom. The second-order valence-electron chi connectivity index (χ2n) is 3.16. The van der Waals surface area contributed by atoms with Crippen LogP contribution in [0.1, 0.15) is 6.92 Å². The van der Waals surface area contributed by atoms with Crippen molar-refractivity contribution in [2.75, 3.05) is 4.72 Å². The molecule has 0 amide bonds. The number of benzene rings is 1. The minimum absolute atomic E-state index is 0.331. The van der Waals surface area contributed by atoms with Crippen LogP contribution in [-0.4, -0.2) is 13.7 Å². The van der Waals surface area contributed by atoms with E-state index in [-0.39, 0.29) is 0 Å². The highest BCUT2D eigenvalue weighted by atomic mass is 32.2. The van der Waals surface area contributed by atoms with Crippen LogP contribution in [0, 0.1) is 28.8 Å². The largest absolute Gasteiger partial charge is 0.277 e. The number of hydrogen-bond acceptors (Lipinski definition) is 3. The van der Waals surface area contributed by atoms with Crippen molar-refractivity contribution in [3.05, 3.63) is 29.6 Å². The molecule has 1 N–H and O–H groups in total. The molecule has 1 rings (SSSR count). The van der Waals surface area contributed by atoms with E-state index in [2.05, 4.69) is 0 Å². The van der Waals surface area contributed by atoms with Crippen LogP contribution in [0.2, 0.25) is 0 Å². The molecule has 0 aromatic heterocycles. The molecule has 0 saturated heterocycles. The monoisotopic (exact) mass is 264 g/mol. The second kappa shape index (κ2) is 4.63. The summed E-state index contributed by atoms with van der Waals surface area (Å²) in [5, 5.41) is 6.92. The van der Waals surface area contributed by atoms with Crippen molar-refractivity contribution in [2.45, 2.75) is 12.2 Å². The van der Waals surface area contributed by atoms with Gasteiger partial charge in [-0.3, -0.25) is 4.72 Å². The average molecular weight is 264 g/mol. The first kappa shape index (κ1) is 13.3. The van der Waals surface area contributed by atoms with Crippen LogP contribution in [-0.2, 0) is 10.0 Å². The maximum atomic E-state index is 13.1.